The molecule has 0 radical (unpaired) electrons. The molecule has 2 aromatic rings. The van der Waals surface area contributed by atoms with Crippen LogP contribution < -0.4 is 10.2 Å². The Kier molecular flexibility index (Phi) is 4.78. The molecule has 132 valence electrons. The molecule has 1 aliphatic heterocycles. The van der Waals surface area contributed by atoms with Crippen LogP contribution >= 0.6 is 11.3 Å². The maximum atomic E-state index is 12.4. The van der Waals surface area contributed by atoms with Crippen molar-refractivity contribution in [3.63, 3.8) is 0 Å². The molecule has 0 spiro atoms. The van der Waals surface area contributed by atoms with Gasteiger partial charge >= 0.3 is 5.97 Å². The van der Waals surface area contributed by atoms with Crippen molar-refractivity contribution in [3.8, 4) is 0 Å². The fraction of sp³-hybridized carbons (Fsp3) is 0.333. The number of aromatic carboxylic acids is 1. The zero-order valence-electron chi connectivity index (χ0n) is 14.3. The molecule has 0 unspecified atom stereocenters. The Labute approximate surface area is 150 Å². The molecule has 1 aromatic heterocycles. The number of aryl methyl sites for hydroxylation is 1. The molecule has 0 aliphatic carbocycles. The highest BCUT2D eigenvalue weighted by atomic mass is 32.1. The number of hydrogen-bond acceptors (Lipinski definition) is 5. The summed E-state index contributed by atoms with van der Waals surface area (Å²) in [6, 6.07) is 7.28. The first-order chi connectivity index (χ1) is 11.9. The van der Waals surface area contributed by atoms with E-state index in [1.54, 1.807) is 26.2 Å². The van der Waals surface area contributed by atoms with E-state index in [9.17, 15) is 14.7 Å². The Hall–Kier alpha value is -2.38. The van der Waals surface area contributed by atoms with Gasteiger partial charge < -0.3 is 20.1 Å². The van der Waals surface area contributed by atoms with Crippen molar-refractivity contribution in [3.05, 3.63) is 45.8 Å². The quantitative estimate of drug-likeness (QED) is 0.856. The first-order valence-corrected chi connectivity index (χ1v) is 8.74. The number of nitrogens with zero attached hydrogens (tertiary/aromatic N) is 1. The highest BCUT2D eigenvalue weighted by Crippen LogP contribution is 2.32. The van der Waals surface area contributed by atoms with Gasteiger partial charge in [-0.2, -0.15) is 0 Å². The first kappa shape index (κ1) is 17.4. The van der Waals surface area contributed by atoms with Gasteiger partial charge in [-0.05, 0) is 43.7 Å². The lowest BCUT2D eigenvalue weighted by atomic mass is 10.1. The second-order valence-corrected chi connectivity index (χ2v) is 7.28. The number of carboxylic acids is 1. The van der Waals surface area contributed by atoms with Crippen LogP contribution in [0.4, 0.5) is 10.7 Å². The predicted molar refractivity (Wildman–Crippen MR) is 98.2 cm³/mol. The van der Waals surface area contributed by atoms with Crippen LogP contribution in [0.15, 0.2) is 24.3 Å². The molecule has 25 heavy (non-hydrogen) atoms. The number of amides is 1. The summed E-state index contributed by atoms with van der Waals surface area (Å²) >= 11 is 1.28. The second kappa shape index (κ2) is 6.85. The first-order valence-electron chi connectivity index (χ1n) is 7.93. The van der Waals surface area contributed by atoms with E-state index in [1.807, 2.05) is 19.1 Å². The van der Waals surface area contributed by atoms with Gasteiger partial charge in [-0.15, -0.1) is 11.3 Å². The lowest BCUT2D eigenvalue weighted by Gasteiger charge is -2.40. The lowest BCUT2D eigenvalue weighted by Crippen LogP contribution is -2.51. The van der Waals surface area contributed by atoms with Crippen molar-refractivity contribution >= 4 is 33.9 Å². The highest BCUT2D eigenvalue weighted by Gasteiger charge is 2.26. The van der Waals surface area contributed by atoms with Crippen LogP contribution in [0.1, 0.15) is 31.2 Å². The minimum absolute atomic E-state index is 0.165. The molecule has 1 saturated heterocycles. The van der Waals surface area contributed by atoms with Crippen molar-refractivity contribution in [1.29, 1.82) is 0 Å². The van der Waals surface area contributed by atoms with Gasteiger partial charge in [-0.1, -0.05) is 0 Å². The fourth-order valence-electron chi connectivity index (χ4n) is 2.77. The molecular weight excluding hydrogens is 340 g/mol. The number of carboxylic acid groups (broad SMARTS) is 1. The Bertz CT molecular complexity index is 807. The summed E-state index contributed by atoms with van der Waals surface area (Å²) < 4.78 is 5.26. The topological polar surface area (TPSA) is 78.9 Å². The number of ether oxygens (including phenoxy) is 1. The van der Waals surface area contributed by atoms with Gasteiger partial charge in [0.05, 0.1) is 11.7 Å². The lowest BCUT2D eigenvalue weighted by molar-refractivity contribution is 0.0697. The number of thiophene rings is 1. The van der Waals surface area contributed by atoms with Crippen LogP contribution in [0.5, 0.6) is 0 Å². The van der Waals surface area contributed by atoms with E-state index in [-0.39, 0.29) is 17.6 Å². The van der Waals surface area contributed by atoms with Crippen LogP contribution in [-0.4, -0.2) is 43.3 Å². The van der Waals surface area contributed by atoms with Crippen LogP contribution in [0.3, 0.4) is 0 Å². The van der Waals surface area contributed by atoms with Crippen molar-refractivity contribution in [1.82, 2.24) is 0 Å². The van der Waals surface area contributed by atoms with E-state index in [4.69, 9.17) is 4.74 Å². The van der Waals surface area contributed by atoms with Crippen molar-refractivity contribution < 1.29 is 19.4 Å². The standard InChI is InChI=1S/C18H20N2O4S/c1-10-11(2)25-17(15(10)18(22)23)19-16(21)12-4-6-13(7-5-12)20-8-14(9-20)24-3/h4-7,14H,8-9H2,1-3H3,(H,19,21)(H,22,23). The number of nitrogens with one attached hydrogen (secondary N) is 1. The third-order valence-corrected chi connectivity index (χ3v) is 5.62. The van der Waals surface area contributed by atoms with Crippen LogP contribution in [0, 0.1) is 13.8 Å². The summed E-state index contributed by atoms with van der Waals surface area (Å²) in [6.45, 7) is 5.28. The molecule has 1 fully saturated rings. The Morgan fingerprint density at radius 3 is 2.44 bits per heavy atom. The van der Waals surface area contributed by atoms with E-state index >= 15 is 0 Å². The summed E-state index contributed by atoms with van der Waals surface area (Å²) in [6.07, 6.45) is 0.266. The molecule has 0 bridgehead atoms. The molecule has 7 heteroatoms. The van der Waals surface area contributed by atoms with Crippen molar-refractivity contribution in [2.75, 3.05) is 30.4 Å². The summed E-state index contributed by atoms with van der Waals surface area (Å²) in [7, 11) is 1.70. The summed E-state index contributed by atoms with van der Waals surface area (Å²) in [5, 5.41) is 12.5. The smallest absolute Gasteiger partial charge is 0.338 e. The highest BCUT2D eigenvalue weighted by molar-refractivity contribution is 7.16. The molecule has 2 N–H and O–H groups in total. The van der Waals surface area contributed by atoms with Gasteiger partial charge in [0, 0.05) is 36.3 Å². The van der Waals surface area contributed by atoms with Crippen molar-refractivity contribution in [2.24, 2.45) is 0 Å². The van der Waals surface area contributed by atoms with Crippen molar-refractivity contribution in [2.45, 2.75) is 20.0 Å². The maximum Gasteiger partial charge on any atom is 0.338 e. The number of anilines is 2. The molecule has 1 amide bonds. The number of carbonyl (C=O) groups excluding carboxylic acids is 1. The third kappa shape index (κ3) is 3.38. The minimum Gasteiger partial charge on any atom is -0.478 e. The zero-order valence-corrected chi connectivity index (χ0v) is 15.1. The normalized spacial score (nSPS) is 14.3. The van der Waals surface area contributed by atoms with E-state index in [1.165, 1.54) is 11.3 Å². The fourth-order valence-corrected chi connectivity index (χ4v) is 3.82. The van der Waals surface area contributed by atoms with Crippen LogP contribution in [0.25, 0.3) is 0 Å². The molecule has 1 aromatic carbocycles. The molecule has 1 aliphatic rings. The van der Waals surface area contributed by atoms with Crippen LogP contribution in [0.2, 0.25) is 0 Å². The molecule has 2 heterocycles. The number of carbonyl (C=O) groups is 2. The number of rotatable bonds is 5. The Balaban J connectivity index is 1.72. The zero-order chi connectivity index (χ0) is 18.1. The predicted octanol–water partition coefficient (Wildman–Crippen LogP) is 3.15. The molecular formula is C18H20N2O4S. The summed E-state index contributed by atoms with van der Waals surface area (Å²) in [5.74, 6) is -1.34. The Morgan fingerprint density at radius 2 is 1.88 bits per heavy atom. The molecule has 0 saturated carbocycles. The average Bonchev–Trinajstić information content (AvgIpc) is 2.81. The third-order valence-electron chi connectivity index (χ3n) is 4.50. The number of hydrogen-bond donors (Lipinski definition) is 2. The molecule has 0 atom stereocenters. The number of methoxy groups -OCH3 is 1. The van der Waals surface area contributed by atoms with Gasteiger partial charge in [-0.25, -0.2) is 4.79 Å². The summed E-state index contributed by atoms with van der Waals surface area (Å²) in [5.41, 5.74) is 2.39. The maximum absolute atomic E-state index is 12.4. The largest absolute Gasteiger partial charge is 0.478 e. The molecule has 6 nitrogen and oxygen atoms in total. The van der Waals surface area contributed by atoms with Gasteiger partial charge in [-0.3, -0.25) is 4.79 Å². The second-order valence-electron chi connectivity index (χ2n) is 6.06. The van der Waals surface area contributed by atoms with Crippen LogP contribution in [-0.2, 0) is 4.74 Å². The van der Waals surface area contributed by atoms with E-state index in [0.29, 0.717) is 16.1 Å². The van der Waals surface area contributed by atoms with Gasteiger partial charge in [0.15, 0.2) is 0 Å². The Morgan fingerprint density at radius 1 is 1.24 bits per heavy atom. The number of benzene rings is 1. The van der Waals surface area contributed by atoms with Gasteiger partial charge in [0.1, 0.15) is 5.00 Å². The molecule has 3 rings (SSSR count). The van der Waals surface area contributed by atoms with Gasteiger partial charge in [0.2, 0.25) is 0 Å². The minimum atomic E-state index is -1.03. The SMILES string of the molecule is COC1CN(c2ccc(C(=O)Nc3sc(C)c(C)c3C(=O)O)cc2)C1. The van der Waals surface area contributed by atoms with Gasteiger partial charge in [0.25, 0.3) is 5.91 Å². The monoisotopic (exact) mass is 360 g/mol. The van der Waals surface area contributed by atoms with E-state index in [2.05, 4.69) is 10.2 Å². The summed E-state index contributed by atoms with van der Waals surface area (Å²) in [4.78, 5) is 26.9. The van der Waals surface area contributed by atoms with E-state index in [0.717, 1.165) is 23.7 Å². The average molecular weight is 360 g/mol. The van der Waals surface area contributed by atoms with E-state index < -0.39 is 5.97 Å².